The van der Waals surface area contributed by atoms with Crippen LogP contribution in [0.1, 0.15) is 42.0 Å². The molecular formula is C31H36N4O6. The molecule has 0 saturated carbocycles. The first kappa shape index (κ1) is 30.7. The highest BCUT2D eigenvalue weighted by Crippen LogP contribution is 2.28. The Morgan fingerprint density at radius 2 is 1.56 bits per heavy atom. The molecule has 0 aliphatic rings. The number of hydrogen-bond acceptors (Lipinski definition) is 7. The van der Waals surface area contributed by atoms with Crippen LogP contribution in [-0.2, 0) is 14.4 Å². The van der Waals surface area contributed by atoms with Crippen LogP contribution in [0.4, 0.5) is 11.4 Å². The summed E-state index contributed by atoms with van der Waals surface area (Å²) in [6.07, 6.45) is 3.35. The largest absolute Gasteiger partial charge is 0.494 e. The standard InChI is InChI=1S/C31H36N4O6/c1-6-7-14-40-25-11-9-24(10-12-25)33-30(37)31(38)35-32-18-23-8-13-26(27(17-23)39-5)41-19-28(36)34-29-21(3)15-20(2)16-22(29)4/h8-13,15-18H,6-7,14,19H2,1-5H3,(H,33,37)(H,34,36)(H,35,38)/b32-18-. The summed E-state index contributed by atoms with van der Waals surface area (Å²) in [5, 5.41) is 9.25. The van der Waals surface area contributed by atoms with Crippen LogP contribution in [-0.4, -0.2) is 44.3 Å². The first-order chi connectivity index (χ1) is 19.7. The molecule has 3 aromatic carbocycles. The average Bonchev–Trinajstić information content (AvgIpc) is 2.95. The van der Waals surface area contributed by atoms with E-state index in [0.717, 1.165) is 35.2 Å². The molecule has 0 atom stereocenters. The first-order valence-corrected chi connectivity index (χ1v) is 13.3. The van der Waals surface area contributed by atoms with E-state index in [9.17, 15) is 14.4 Å². The van der Waals surface area contributed by atoms with Crippen molar-refractivity contribution in [3.05, 3.63) is 76.9 Å². The molecule has 0 spiro atoms. The molecule has 0 saturated heterocycles. The number of rotatable bonds is 12. The molecule has 3 aromatic rings. The third-order valence-corrected chi connectivity index (χ3v) is 5.95. The van der Waals surface area contributed by atoms with Gasteiger partial charge in [0.2, 0.25) is 0 Å². The fourth-order valence-corrected chi connectivity index (χ4v) is 3.95. The Morgan fingerprint density at radius 1 is 0.854 bits per heavy atom. The van der Waals surface area contributed by atoms with Gasteiger partial charge in [0.05, 0.1) is 19.9 Å². The molecule has 3 N–H and O–H groups in total. The summed E-state index contributed by atoms with van der Waals surface area (Å²) in [5.74, 6) is -0.671. The third-order valence-electron chi connectivity index (χ3n) is 5.95. The first-order valence-electron chi connectivity index (χ1n) is 13.3. The molecule has 0 heterocycles. The van der Waals surface area contributed by atoms with E-state index >= 15 is 0 Å². The molecule has 3 amide bonds. The topological polar surface area (TPSA) is 127 Å². The van der Waals surface area contributed by atoms with Crippen molar-refractivity contribution < 1.29 is 28.6 Å². The van der Waals surface area contributed by atoms with Crippen LogP contribution >= 0.6 is 0 Å². The van der Waals surface area contributed by atoms with E-state index in [-0.39, 0.29) is 12.5 Å². The fraction of sp³-hybridized carbons (Fsp3) is 0.290. The summed E-state index contributed by atoms with van der Waals surface area (Å²) < 4.78 is 16.6. The lowest BCUT2D eigenvalue weighted by Crippen LogP contribution is -2.32. The number of nitrogens with one attached hydrogen (secondary N) is 3. The number of ether oxygens (including phenoxy) is 3. The molecule has 0 aliphatic heterocycles. The molecule has 0 fully saturated rings. The molecule has 216 valence electrons. The second kappa shape index (κ2) is 15.1. The lowest BCUT2D eigenvalue weighted by atomic mass is 10.1. The van der Waals surface area contributed by atoms with E-state index in [2.05, 4.69) is 28.1 Å². The van der Waals surface area contributed by atoms with Gasteiger partial charge in [0.1, 0.15) is 5.75 Å². The van der Waals surface area contributed by atoms with Gasteiger partial charge >= 0.3 is 11.8 Å². The molecule has 3 rings (SSSR count). The summed E-state index contributed by atoms with van der Waals surface area (Å²) in [4.78, 5) is 36.8. The number of hydrogen-bond donors (Lipinski definition) is 3. The highest BCUT2D eigenvalue weighted by Gasteiger charge is 2.14. The van der Waals surface area contributed by atoms with Crippen molar-refractivity contribution >= 4 is 35.3 Å². The molecule has 0 aromatic heterocycles. The van der Waals surface area contributed by atoms with Gasteiger partial charge in [-0.1, -0.05) is 31.0 Å². The van der Waals surface area contributed by atoms with E-state index in [0.29, 0.717) is 35.1 Å². The van der Waals surface area contributed by atoms with E-state index in [4.69, 9.17) is 14.2 Å². The lowest BCUT2D eigenvalue weighted by Gasteiger charge is -2.14. The highest BCUT2D eigenvalue weighted by atomic mass is 16.5. The van der Waals surface area contributed by atoms with Gasteiger partial charge in [-0.15, -0.1) is 0 Å². The van der Waals surface area contributed by atoms with Crippen LogP contribution < -0.4 is 30.3 Å². The Kier molecular flexibility index (Phi) is 11.3. The molecule has 0 unspecified atom stereocenters. The van der Waals surface area contributed by atoms with E-state index in [1.54, 1.807) is 42.5 Å². The van der Waals surface area contributed by atoms with Gasteiger partial charge in [0.15, 0.2) is 18.1 Å². The zero-order chi connectivity index (χ0) is 29.8. The number of anilines is 2. The quantitative estimate of drug-likeness (QED) is 0.125. The number of aryl methyl sites for hydroxylation is 3. The molecule has 0 aliphatic carbocycles. The minimum Gasteiger partial charge on any atom is -0.494 e. The number of amides is 3. The number of methoxy groups -OCH3 is 1. The van der Waals surface area contributed by atoms with Gasteiger partial charge in [-0.05, 0) is 86.3 Å². The normalized spacial score (nSPS) is 10.7. The van der Waals surface area contributed by atoms with Crippen LogP contribution in [0.25, 0.3) is 0 Å². The SMILES string of the molecule is CCCCOc1ccc(NC(=O)C(=O)N/N=C\c2ccc(OCC(=O)Nc3c(C)cc(C)cc3C)c(OC)c2)cc1. The number of hydrazone groups is 1. The smallest absolute Gasteiger partial charge is 0.329 e. The zero-order valence-electron chi connectivity index (χ0n) is 24.0. The number of benzene rings is 3. The summed E-state index contributed by atoms with van der Waals surface area (Å²) in [5.41, 5.74) is 7.06. The van der Waals surface area contributed by atoms with Crippen molar-refractivity contribution in [2.45, 2.75) is 40.5 Å². The minimum absolute atomic E-state index is 0.212. The van der Waals surface area contributed by atoms with Gasteiger partial charge in [0, 0.05) is 11.4 Å². The van der Waals surface area contributed by atoms with Crippen molar-refractivity contribution in [2.24, 2.45) is 5.10 Å². The Balaban J connectivity index is 1.50. The monoisotopic (exact) mass is 560 g/mol. The second-order valence-corrected chi connectivity index (χ2v) is 9.40. The number of carbonyl (C=O) groups excluding carboxylic acids is 3. The van der Waals surface area contributed by atoms with Gasteiger partial charge in [-0.2, -0.15) is 5.10 Å². The van der Waals surface area contributed by atoms with Gasteiger partial charge in [-0.3, -0.25) is 14.4 Å². The van der Waals surface area contributed by atoms with E-state index < -0.39 is 11.8 Å². The predicted octanol–water partition coefficient (Wildman–Crippen LogP) is 4.91. The van der Waals surface area contributed by atoms with Crippen LogP contribution in [0.5, 0.6) is 17.2 Å². The zero-order valence-corrected chi connectivity index (χ0v) is 24.0. The van der Waals surface area contributed by atoms with Crippen molar-refractivity contribution in [2.75, 3.05) is 31.0 Å². The summed E-state index contributed by atoms with van der Waals surface area (Å²) >= 11 is 0. The van der Waals surface area contributed by atoms with Crippen molar-refractivity contribution in [1.82, 2.24) is 5.43 Å². The third kappa shape index (κ3) is 9.38. The predicted molar refractivity (Wildman–Crippen MR) is 159 cm³/mol. The van der Waals surface area contributed by atoms with Crippen LogP contribution in [0, 0.1) is 20.8 Å². The summed E-state index contributed by atoms with van der Waals surface area (Å²) in [7, 11) is 1.47. The molecular weight excluding hydrogens is 524 g/mol. The van der Waals surface area contributed by atoms with Crippen LogP contribution in [0.2, 0.25) is 0 Å². The Morgan fingerprint density at radius 3 is 2.22 bits per heavy atom. The summed E-state index contributed by atoms with van der Waals surface area (Å²) in [6, 6.07) is 15.7. The maximum absolute atomic E-state index is 12.5. The average molecular weight is 561 g/mol. The molecule has 10 nitrogen and oxygen atoms in total. The Hall–Kier alpha value is -4.86. The Labute approximate surface area is 240 Å². The van der Waals surface area contributed by atoms with E-state index in [1.807, 2.05) is 32.9 Å². The van der Waals surface area contributed by atoms with Crippen molar-refractivity contribution in [3.8, 4) is 17.2 Å². The molecule has 10 heteroatoms. The van der Waals surface area contributed by atoms with Crippen LogP contribution in [0.15, 0.2) is 59.7 Å². The van der Waals surface area contributed by atoms with Crippen molar-refractivity contribution in [3.63, 3.8) is 0 Å². The molecule has 0 radical (unpaired) electrons. The minimum atomic E-state index is -0.929. The molecule has 0 bridgehead atoms. The van der Waals surface area contributed by atoms with Crippen molar-refractivity contribution in [1.29, 1.82) is 0 Å². The fourth-order valence-electron chi connectivity index (χ4n) is 3.95. The maximum Gasteiger partial charge on any atom is 0.329 e. The number of carbonyl (C=O) groups is 3. The lowest BCUT2D eigenvalue weighted by molar-refractivity contribution is -0.136. The number of nitrogens with zero attached hydrogens (tertiary/aromatic N) is 1. The van der Waals surface area contributed by atoms with Gasteiger partial charge in [0.25, 0.3) is 5.91 Å². The van der Waals surface area contributed by atoms with Gasteiger partial charge in [-0.25, -0.2) is 5.43 Å². The second-order valence-electron chi connectivity index (χ2n) is 9.40. The summed E-state index contributed by atoms with van der Waals surface area (Å²) in [6.45, 7) is 8.38. The van der Waals surface area contributed by atoms with Gasteiger partial charge < -0.3 is 24.8 Å². The maximum atomic E-state index is 12.5. The number of unbranched alkanes of at least 4 members (excludes halogenated alkanes) is 1. The van der Waals surface area contributed by atoms with Crippen LogP contribution in [0.3, 0.4) is 0 Å². The van der Waals surface area contributed by atoms with E-state index in [1.165, 1.54) is 13.3 Å². The highest BCUT2D eigenvalue weighted by molar-refractivity contribution is 6.39. The molecule has 41 heavy (non-hydrogen) atoms. The Bertz CT molecular complexity index is 1380.